The van der Waals surface area contributed by atoms with Crippen molar-refractivity contribution in [2.75, 3.05) is 12.4 Å². The van der Waals surface area contributed by atoms with Crippen molar-refractivity contribution in [2.45, 2.75) is 6.92 Å². The van der Waals surface area contributed by atoms with Gasteiger partial charge in [-0.25, -0.2) is 0 Å². The average Bonchev–Trinajstić information content (AvgIpc) is 2.50. The highest BCUT2D eigenvalue weighted by molar-refractivity contribution is 6.05. The lowest BCUT2D eigenvalue weighted by molar-refractivity contribution is 0.102. The zero-order valence-corrected chi connectivity index (χ0v) is 11.7. The Balaban J connectivity index is 2.27. The fraction of sp³-hybridized carbons (Fsp3) is 0.125. The van der Waals surface area contributed by atoms with E-state index in [0.717, 1.165) is 0 Å². The molecule has 1 amide bonds. The van der Waals surface area contributed by atoms with Crippen molar-refractivity contribution in [3.63, 3.8) is 0 Å². The highest BCUT2D eigenvalue weighted by atomic mass is 16.5. The lowest BCUT2D eigenvalue weighted by Gasteiger charge is -2.11. The van der Waals surface area contributed by atoms with Crippen LogP contribution in [0.3, 0.4) is 0 Å². The number of phenolic OH excluding ortho intramolecular Hbond substituents is 1. The molecule has 2 aromatic carbocycles. The number of methoxy groups -OCH3 is 1. The monoisotopic (exact) mass is 282 g/mol. The predicted octanol–water partition coefficient (Wildman–Crippen LogP) is 2.83. The third-order valence-electron chi connectivity index (χ3n) is 3.04. The highest BCUT2D eigenvalue weighted by Gasteiger charge is 2.11. The van der Waals surface area contributed by atoms with Gasteiger partial charge in [-0.05, 0) is 42.8 Å². The van der Waals surface area contributed by atoms with Crippen molar-refractivity contribution in [2.24, 2.45) is 0 Å². The molecule has 5 nitrogen and oxygen atoms in total. The number of carbonyl (C=O) groups excluding carboxylic acids is 1. The van der Waals surface area contributed by atoms with Crippen LogP contribution in [0.15, 0.2) is 36.4 Å². The molecular formula is C16H14N2O3. The largest absolute Gasteiger partial charge is 0.508 e. The van der Waals surface area contributed by atoms with Crippen LogP contribution in [-0.4, -0.2) is 18.1 Å². The van der Waals surface area contributed by atoms with Gasteiger partial charge >= 0.3 is 0 Å². The standard InChI is InChI=1S/C16H14N2O3/c1-10-7-12(4-6-14(10)19)16(20)18-13-5-3-11(9-17)8-15(13)21-2/h3-8,19H,1-2H3,(H,18,20). The number of nitrogens with zero attached hydrogens (tertiary/aromatic N) is 1. The molecule has 0 fully saturated rings. The van der Waals surface area contributed by atoms with Crippen LogP contribution in [0.4, 0.5) is 5.69 Å². The van der Waals surface area contributed by atoms with Crippen molar-refractivity contribution in [1.29, 1.82) is 5.26 Å². The number of phenols is 1. The SMILES string of the molecule is COc1cc(C#N)ccc1NC(=O)c1ccc(O)c(C)c1. The number of hydrogen-bond donors (Lipinski definition) is 2. The number of ether oxygens (including phenoxy) is 1. The zero-order valence-electron chi connectivity index (χ0n) is 11.7. The summed E-state index contributed by atoms with van der Waals surface area (Å²) in [4.78, 5) is 12.2. The molecular weight excluding hydrogens is 268 g/mol. The molecule has 0 saturated heterocycles. The number of nitrogens with one attached hydrogen (secondary N) is 1. The first kappa shape index (κ1) is 14.4. The van der Waals surface area contributed by atoms with Gasteiger partial charge in [-0.1, -0.05) is 0 Å². The second kappa shape index (κ2) is 5.97. The molecule has 2 N–H and O–H groups in total. The number of amides is 1. The molecule has 0 atom stereocenters. The molecule has 0 aliphatic carbocycles. The first-order chi connectivity index (χ1) is 10.0. The number of anilines is 1. The number of aryl methyl sites for hydroxylation is 1. The Bertz CT molecular complexity index is 733. The molecule has 0 aliphatic heterocycles. The Kier molecular flexibility index (Phi) is 4.10. The lowest BCUT2D eigenvalue weighted by Crippen LogP contribution is -2.12. The second-order valence-corrected chi connectivity index (χ2v) is 4.48. The first-order valence-corrected chi connectivity index (χ1v) is 6.24. The number of aromatic hydroxyl groups is 1. The van der Waals surface area contributed by atoms with Gasteiger partial charge in [-0.15, -0.1) is 0 Å². The third kappa shape index (κ3) is 3.12. The van der Waals surface area contributed by atoms with Gasteiger partial charge in [0.1, 0.15) is 11.5 Å². The average molecular weight is 282 g/mol. The molecule has 5 heteroatoms. The van der Waals surface area contributed by atoms with E-state index < -0.39 is 0 Å². The van der Waals surface area contributed by atoms with E-state index in [2.05, 4.69) is 5.32 Å². The Morgan fingerprint density at radius 2 is 2.05 bits per heavy atom. The van der Waals surface area contributed by atoms with Crippen LogP contribution in [0.2, 0.25) is 0 Å². The van der Waals surface area contributed by atoms with Gasteiger partial charge in [0.15, 0.2) is 0 Å². The van der Waals surface area contributed by atoms with Crippen molar-refractivity contribution in [3.05, 3.63) is 53.1 Å². The van der Waals surface area contributed by atoms with Gasteiger partial charge in [-0.3, -0.25) is 4.79 Å². The first-order valence-electron chi connectivity index (χ1n) is 6.24. The molecule has 0 heterocycles. The topological polar surface area (TPSA) is 82.3 Å². The molecule has 2 rings (SSSR count). The van der Waals surface area contributed by atoms with Crippen LogP contribution in [-0.2, 0) is 0 Å². The van der Waals surface area contributed by atoms with E-state index in [1.54, 1.807) is 31.2 Å². The van der Waals surface area contributed by atoms with Gasteiger partial charge in [0, 0.05) is 11.6 Å². The fourth-order valence-corrected chi connectivity index (χ4v) is 1.86. The Morgan fingerprint density at radius 1 is 1.29 bits per heavy atom. The van der Waals surface area contributed by atoms with Crippen LogP contribution in [0.25, 0.3) is 0 Å². The van der Waals surface area contributed by atoms with Gasteiger partial charge in [0.25, 0.3) is 5.91 Å². The minimum Gasteiger partial charge on any atom is -0.508 e. The van der Waals surface area contributed by atoms with Crippen molar-refractivity contribution < 1.29 is 14.6 Å². The summed E-state index contributed by atoms with van der Waals surface area (Å²) in [5.74, 6) is 0.238. The van der Waals surface area contributed by atoms with Gasteiger partial charge in [0.05, 0.1) is 24.4 Å². The van der Waals surface area contributed by atoms with E-state index in [0.29, 0.717) is 28.1 Å². The molecule has 0 spiro atoms. The van der Waals surface area contributed by atoms with Crippen molar-refractivity contribution in [1.82, 2.24) is 0 Å². The number of rotatable bonds is 3. The van der Waals surface area contributed by atoms with Crippen LogP contribution in [0.5, 0.6) is 11.5 Å². The van der Waals surface area contributed by atoms with Gasteiger partial charge in [-0.2, -0.15) is 5.26 Å². The number of hydrogen-bond acceptors (Lipinski definition) is 4. The summed E-state index contributed by atoms with van der Waals surface area (Å²) in [5.41, 5.74) is 1.98. The van der Waals surface area contributed by atoms with Gasteiger partial charge < -0.3 is 15.2 Å². The smallest absolute Gasteiger partial charge is 0.255 e. The Hall–Kier alpha value is -3.00. The second-order valence-electron chi connectivity index (χ2n) is 4.48. The summed E-state index contributed by atoms with van der Waals surface area (Å²) < 4.78 is 5.16. The predicted molar refractivity (Wildman–Crippen MR) is 78.5 cm³/mol. The van der Waals surface area contributed by atoms with Crippen molar-refractivity contribution >= 4 is 11.6 Å². The van der Waals surface area contributed by atoms with E-state index >= 15 is 0 Å². The molecule has 0 radical (unpaired) electrons. The molecule has 2 aromatic rings. The van der Waals surface area contributed by atoms with E-state index in [-0.39, 0.29) is 11.7 Å². The Labute approximate surface area is 122 Å². The molecule has 0 unspecified atom stereocenters. The summed E-state index contributed by atoms with van der Waals surface area (Å²) >= 11 is 0. The zero-order chi connectivity index (χ0) is 15.4. The molecule has 0 bridgehead atoms. The summed E-state index contributed by atoms with van der Waals surface area (Å²) in [6.45, 7) is 1.72. The maximum absolute atomic E-state index is 12.2. The number of benzene rings is 2. The van der Waals surface area contributed by atoms with E-state index in [1.165, 1.54) is 19.2 Å². The molecule has 106 valence electrons. The van der Waals surface area contributed by atoms with Gasteiger partial charge in [0.2, 0.25) is 0 Å². The fourth-order valence-electron chi connectivity index (χ4n) is 1.86. The summed E-state index contributed by atoms with van der Waals surface area (Å²) in [6.07, 6.45) is 0. The quantitative estimate of drug-likeness (QED) is 0.906. The normalized spacial score (nSPS) is 9.76. The lowest BCUT2D eigenvalue weighted by atomic mass is 10.1. The van der Waals surface area contributed by atoms with E-state index in [9.17, 15) is 9.90 Å². The number of nitriles is 1. The minimum atomic E-state index is -0.318. The van der Waals surface area contributed by atoms with Crippen LogP contribution in [0.1, 0.15) is 21.5 Å². The molecule has 21 heavy (non-hydrogen) atoms. The number of carbonyl (C=O) groups is 1. The molecule has 0 aromatic heterocycles. The minimum absolute atomic E-state index is 0.141. The van der Waals surface area contributed by atoms with Crippen molar-refractivity contribution in [3.8, 4) is 17.6 Å². The summed E-state index contributed by atoms with van der Waals surface area (Å²) in [6, 6.07) is 11.4. The maximum Gasteiger partial charge on any atom is 0.255 e. The molecule has 0 aliphatic rings. The van der Waals surface area contributed by atoms with Crippen LogP contribution >= 0.6 is 0 Å². The Morgan fingerprint density at radius 3 is 2.67 bits per heavy atom. The highest BCUT2D eigenvalue weighted by Crippen LogP contribution is 2.26. The van der Waals surface area contributed by atoms with Crippen LogP contribution in [0, 0.1) is 18.3 Å². The summed E-state index contributed by atoms with van der Waals surface area (Å²) in [5, 5.41) is 21.0. The maximum atomic E-state index is 12.2. The summed E-state index contributed by atoms with van der Waals surface area (Å²) in [7, 11) is 1.47. The molecule has 0 saturated carbocycles. The van der Waals surface area contributed by atoms with Crippen LogP contribution < -0.4 is 10.1 Å². The third-order valence-corrected chi connectivity index (χ3v) is 3.04. The van der Waals surface area contributed by atoms with E-state index in [4.69, 9.17) is 10.00 Å². The van der Waals surface area contributed by atoms with E-state index in [1.807, 2.05) is 6.07 Å².